The number of esters is 1. The quantitative estimate of drug-likeness (QED) is 0.574. The Morgan fingerprint density at radius 3 is 2.29 bits per heavy atom. The second-order valence-corrected chi connectivity index (χ2v) is 4.59. The number of nitrogens with one attached hydrogen (secondary N) is 3. The lowest BCUT2D eigenvalue weighted by molar-refractivity contribution is -0.144. The van der Waals surface area contributed by atoms with Crippen LogP contribution in [0.25, 0.3) is 0 Å². The monoisotopic (exact) mass is 293 g/mol. The van der Waals surface area contributed by atoms with Crippen molar-refractivity contribution in [3.05, 3.63) is 29.8 Å². The second-order valence-electron chi connectivity index (χ2n) is 4.59. The van der Waals surface area contributed by atoms with Crippen molar-refractivity contribution in [2.24, 2.45) is 5.92 Å². The van der Waals surface area contributed by atoms with Crippen molar-refractivity contribution in [2.45, 2.75) is 20.3 Å². The predicted molar refractivity (Wildman–Crippen MR) is 77.3 cm³/mol. The van der Waals surface area contributed by atoms with Crippen molar-refractivity contribution in [3.63, 3.8) is 0 Å². The van der Waals surface area contributed by atoms with E-state index in [4.69, 9.17) is 0 Å². The third-order valence-corrected chi connectivity index (χ3v) is 2.71. The number of carbonyl (C=O) groups excluding carboxylic acids is 3. The van der Waals surface area contributed by atoms with Crippen LogP contribution in [0.2, 0.25) is 0 Å². The van der Waals surface area contributed by atoms with Gasteiger partial charge < -0.3 is 10.1 Å². The molecule has 0 spiro atoms. The number of methoxy groups -OCH3 is 1. The summed E-state index contributed by atoms with van der Waals surface area (Å²) in [6, 6.07) is 6.51. The summed E-state index contributed by atoms with van der Waals surface area (Å²) in [6.07, 6.45) is 0.561. The topological polar surface area (TPSA) is 96.5 Å². The SMILES string of the molecule is COC(=O)C(C)Cc1ccc(NC(=O)NNC(C)=O)cc1. The fraction of sp³-hybridized carbons (Fsp3) is 0.357. The Balaban J connectivity index is 2.52. The molecule has 3 N–H and O–H groups in total. The number of ether oxygens (including phenoxy) is 1. The number of hydrazine groups is 1. The van der Waals surface area contributed by atoms with Crippen LogP contribution in [0.15, 0.2) is 24.3 Å². The summed E-state index contributed by atoms with van der Waals surface area (Å²) in [4.78, 5) is 33.4. The number of urea groups is 1. The molecule has 7 heteroatoms. The van der Waals surface area contributed by atoms with Gasteiger partial charge in [0.1, 0.15) is 0 Å². The van der Waals surface area contributed by atoms with Gasteiger partial charge in [0.25, 0.3) is 0 Å². The summed E-state index contributed by atoms with van der Waals surface area (Å²) in [6.45, 7) is 3.08. The Morgan fingerprint density at radius 1 is 1.14 bits per heavy atom. The van der Waals surface area contributed by atoms with Gasteiger partial charge in [-0.15, -0.1) is 0 Å². The van der Waals surface area contributed by atoms with Crippen LogP contribution in [0.3, 0.4) is 0 Å². The summed E-state index contributed by atoms with van der Waals surface area (Å²) in [5, 5.41) is 2.56. The average Bonchev–Trinajstić information content (AvgIpc) is 2.46. The number of amides is 3. The molecule has 0 aliphatic rings. The van der Waals surface area contributed by atoms with E-state index in [1.54, 1.807) is 19.1 Å². The molecule has 3 amide bonds. The molecule has 0 radical (unpaired) electrons. The van der Waals surface area contributed by atoms with Crippen LogP contribution in [-0.4, -0.2) is 25.0 Å². The highest BCUT2D eigenvalue weighted by Gasteiger charge is 2.13. The zero-order valence-corrected chi connectivity index (χ0v) is 12.2. The van der Waals surface area contributed by atoms with E-state index in [9.17, 15) is 14.4 Å². The van der Waals surface area contributed by atoms with Crippen molar-refractivity contribution in [2.75, 3.05) is 12.4 Å². The van der Waals surface area contributed by atoms with Crippen molar-refractivity contribution in [1.82, 2.24) is 10.9 Å². The van der Waals surface area contributed by atoms with Crippen molar-refractivity contribution >= 4 is 23.6 Å². The summed E-state index contributed by atoms with van der Waals surface area (Å²) < 4.78 is 4.67. The minimum absolute atomic E-state index is 0.225. The van der Waals surface area contributed by atoms with Crippen LogP contribution in [0.4, 0.5) is 10.5 Å². The second kappa shape index (κ2) is 7.88. The lowest BCUT2D eigenvalue weighted by Gasteiger charge is -2.10. The number of hydrogen-bond donors (Lipinski definition) is 3. The van der Waals surface area contributed by atoms with E-state index < -0.39 is 6.03 Å². The smallest absolute Gasteiger partial charge is 0.337 e. The molecule has 0 fully saturated rings. The first kappa shape index (κ1) is 16.5. The maximum Gasteiger partial charge on any atom is 0.337 e. The van der Waals surface area contributed by atoms with Crippen LogP contribution < -0.4 is 16.2 Å². The van der Waals surface area contributed by atoms with Crippen molar-refractivity contribution in [1.29, 1.82) is 0 Å². The Morgan fingerprint density at radius 2 is 1.76 bits per heavy atom. The van der Waals surface area contributed by atoms with Crippen LogP contribution in [0.5, 0.6) is 0 Å². The molecular weight excluding hydrogens is 274 g/mol. The van der Waals surface area contributed by atoms with E-state index in [0.29, 0.717) is 12.1 Å². The molecule has 0 aromatic heterocycles. The molecule has 0 aliphatic heterocycles. The molecule has 1 unspecified atom stereocenters. The van der Waals surface area contributed by atoms with Gasteiger partial charge in [0, 0.05) is 12.6 Å². The highest BCUT2D eigenvalue weighted by molar-refractivity contribution is 5.90. The van der Waals surface area contributed by atoms with Gasteiger partial charge in [-0.25, -0.2) is 10.2 Å². The van der Waals surface area contributed by atoms with Gasteiger partial charge in [-0.05, 0) is 24.1 Å². The molecule has 1 aromatic carbocycles. The Labute approximate surface area is 123 Å². The predicted octanol–water partition coefficient (Wildman–Crippen LogP) is 1.21. The normalized spacial score (nSPS) is 11.2. The summed E-state index contributed by atoms with van der Waals surface area (Å²) in [7, 11) is 1.36. The molecule has 0 aliphatic carbocycles. The number of anilines is 1. The molecular formula is C14H19N3O4. The van der Waals surface area contributed by atoms with Crippen LogP contribution >= 0.6 is 0 Å². The van der Waals surface area contributed by atoms with Gasteiger partial charge in [-0.3, -0.25) is 15.0 Å². The lowest BCUT2D eigenvalue weighted by Crippen LogP contribution is -2.42. The molecule has 0 heterocycles. The maximum absolute atomic E-state index is 11.4. The molecule has 7 nitrogen and oxygen atoms in total. The average molecular weight is 293 g/mol. The summed E-state index contributed by atoms with van der Waals surface area (Å²) >= 11 is 0. The Bertz CT molecular complexity index is 513. The molecule has 114 valence electrons. The first-order valence-corrected chi connectivity index (χ1v) is 6.42. The maximum atomic E-state index is 11.4. The molecule has 0 saturated heterocycles. The molecule has 1 rings (SSSR count). The van der Waals surface area contributed by atoms with E-state index in [1.807, 2.05) is 12.1 Å². The molecule has 21 heavy (non-hydrogen) atoms. The largest absolute Gasteiger partial charge is 0.469 e. The van der Waals surface area contributed by atoms with Crippen molar-refractivity contribution in [3.8, 4) is 0 Å². The summed E-state index contributed by atoms with van der Waals surface area (Å²) in [5.41, 5.74) is 5.89. The van der Waals surface area contributed by atoms with E-state index in [1.165, 1.54) is 14.0 Å². The minimum atomic E-state index is -0.541. The van der Waals surface area contributed by atoms with E-state index >= 15 is 0 Å². The standard InChI is InChI=1S/C14H19N3O4/c1-9(13(19)21-3)8-11-4-6-12(7-5-11)15-14(20)17-16-10(2)18/h4-7,9H,8H2,1-3H3,(H,16,18)(H2,15,17,20). The first-order chi connectivity index (χ1) is 9.92. The first-order valence-electron chi connectivity index (χ1n) is 6.42. The highest BCUT2D eigenvalue weighted by atomic mass is 16.5. The van der Waals surface area contributed by atoms with Gasteiger partial charge in [0.15, 0.2) is 0 Å². The molecule has 0 saturated carbocycles. The summed E-state index contributed by atoms with van der Waals surface area (Å²) in [5.74, 6) is -0.846. The Hall–Kier alpha value is -2.57. The minimum Gasteiger partial charge on any atom is -0.469 e. The van der Waals surface area contributed by atoms with Crippen LogP contribution in [-0.2, 0) is 20.7 Å². The number of rotatable bonds is 4. The number of hydrogen-bond acceptors (Lipinski definition) is 4. The van der Waals surface area contributed by atoms with E-state index in [-0.39, 0.29) is 17.8 Å². The number of benzene rings is 1. The third kappa shape index (κ3) is 5.94. The fourth-order valence-corrected chi connectivity index (χ4v) is 1.67. The van der Waals surface area contributed by atoms with Crippen molar-refractivity contribution < 1.29 is 19.1 Å². The van der Waals surface area contributed by atoms with E-state index in [2.05, 4.69) is 20.9 Å². The van der Waals surface area contributed by atoms with Gasteiger partial charge >= 0.3 is 12.0 Å². The third-order valence-electron chi connectivity index (χ3n) is 2.71. The zero-order valence-electron chi connectivity index (χ0n) is 12.2. The zero-order chi connectivity index (χ0) is 15.8. The number of carbonyl (C=O) groups is 3. The molecule has 1 atom stereocenters. The van der Waals surface area contributed by atoms with Gasteiger partial charge in [-0.2, -0.15) is 0 Å². The fourth-order valence-electron chi connectivity index (χ4n) is 1.67. The highest BCUT2D eigenvalue weighted by Crippen LogP contribution is 2.14. The molecule has 0 bridgehead atoms. The lowest BCUT2D eigenvalue weighted by atomic mass is 10.0. The van der Waals surface area contributed by atoms with Gasteiger partial charge in [0.2, 0.25) is 5.91 Å². The van der Waals surface area contributed by atoms with Gasteiger partial charge in [0.05, 0.1) is 13.0 Å². The van der Waals surface area contributed by atoms with Gasteiger partial charge in [-0.1, -0.05) is 19.1 Å². The Kier molecular flexibility index (Phi) is 6.19. The van der Waals surface area contributed by atoms with Crippen LogP contribution in [0, 0.1) is 5.92 Å². The molecule has 1 aromatic rings. The van der Waals surface area contributed by atoms with E-state index in [0.717, 1.165) is 5.56 Å². The van der Waals surface area contributed by atoms with Crippen LogP contribution in [0.1, 0.15) is 19.4 Å².